The van der Waals surface area contributed by atoms with Crippen LogP contribution in [-0.4, -0.2) is 27.2 Å². The fourth-order valence-electron chi connectivity index (χ4n) is 3.61. The zero-order valence-corrected chi connectivity index (χ0v) is 18.0. The second-order valence-corrected chi connectivity index (χ2v) is 8.06. The smallest absolute Gasteiger partial charge is 0.227 e. The Kier molecular flexibility index (Phi) is 6.46. The molecule has 1 amide bonds. The average molecular weight is 417 g/mol. The molecule has 6 nitrogen and oxygen atoms in total. The van der Waals surface area contributed by atoms with Crippen LogP contribution in [0.15, 0.2) is 65.3 Å². The maximum Gasteiger partial charge on any atom is 0.227 e. The number of nitrogens with one attached hydrogen (secondary N) is 1. The van der Waals surface area contributed by atoms with E-state index in [1.807, 2.05) is 24.3 Å². The molecule has 0 saturated heterocycles. The highest BCUT2D eigenvalue weighted by molar-refractivity contribution is 5.79. The number of rotatable bonds is 9. The third kappa shape index (κ3) is 5.20. The summed E-state index contributed by atoms with van der Waals surface area (Å²) >= 11 is 0. The Morgan fingerprint density at radius 3 is 2.71 bits per heavy atom. The summed E-state index contributed by atoms with van der Waals surface area (Å²) in [5.74, 6) is 1.52. The lowest BCUT2D eigenvalue weighted by molar-refractivity contribution is -0.121. The van der Waals surface area contributed by atoms with Crippen LogP contribution in [-0.2, 0) is 17.8 Å². The van der Waals surface area contributed by atoms with Crippen LogP contribution < -0.4 is 5.32 Å². The van der Waals surface area contributed by atoms with Crippen molar-refractivity contribution in [3.8, 4) is 11.4 Å². The number of aromatic nitrogens is 3. The van der Waals surface area contributed by atoms with Gasteiger partial charge in [-0.3, -0.25) is 4.79 Å². The number of amides is 1. The van der Waals surface area contributed by atoms with E-state index < -0.39 is 0 Å². The molecule has 0 atom stereocenters. The molecule has 0 saturated carbocycles. The molecule has 0 radical (unpaired) electrons. The average Bonchev–Trinajstić information content (AvgIpc) is 3.43. The lowest BCUT2D eigenvalue weighted by Gasteiger charge is -2.07. The van der Waals surface area contributed by atoms with Crippen molar-refractivity contribution < 1.29 is 9.32 Å². The van der Waals surface area contributed by atoms with E-state index in [4.69, 9.17) is 4.52 Å². The molecule has 2 aromatic heterocycles. The minimum absolute atomic E-state index is 0.00148. The van der Waals surface area contributed by atoms with Crippen molar-refractivity contribution in [3.63, 3.8) is 0 Å². The van der Waals surface area contributed by atoms with Gasteiger partial charge in [0.05, 0.1) is 0 Å². The van der Waals surface area contributed by atoms with E-state index in [0.29, 0.717) is 37.0 Å². The van der Waals surface area contributed by atoms with E-state index in [-0.39, 0.29) is 5.91 Å². The zero-order chi connectivity index (χ0) is 21.6. The van der Waals surface area contributed by atoms with E-state index in [2.05, 4.69) is 70.4 Å². The van der Waals surface area contributed by atoms with Crippen LogP contribution in [0.1, 0.15) is 44.1 Å². The van der Waals surface area contributed by atoms with Crippen molar-refractivity contribution in [3.05, 3.63) is 72.2 Å². The van der Waals surface area contributed by atoms with Crippen LogP contribution in [0.5, 0.6) is 0 Å². The van der Waals surface area contributed by atoms with Crippen molar-refractivity contribution in [2.75, 3.05) is 6.54 Å². The van der Waals surface area contributed by atoms with Crippen LogP contribution in [0.4, 0.5) is 0 Å². The van der Waals surface area contributed by atoms with Gasteiger partial charge in [0.2, 0.25) is 17.6 Å². The molecule has 0 aliphatic heterocycles. The summed E-state index contributed by atoms with van der Waals surface area (Å²) in [6, 6.07) is 18.6. The fraction of sp³-hybridized carbons (Fsp3) is 0.320. The zero-order valence-electron chi connectivity index (χ0n) is 18.0. The molecule has 31 heavy (non-hydrogen) atoms. The summed E-state index contributed by atoms with van der Waals surface area (Å²) in [6.45, 7) is 5.84. The first-order chi connectivity index (χ1) is 15.1. The first-order valence-electron chi connectivity index (χ1n) is 10.8. The highest BCUT2D eigenvalue weighted by atomic mass is 16.5. The van der Waals surface area contributed by atoms with E-state index in [1.165, 1.54) is 16.5 Å². The summed E-state index contributed by atoms with van der Waals surface area (Å²) < 4.78 is 7.54. The normalized spacial score (nSPS) is 11.3. The summed E-state index contributed by atoms with van der Waals surface area (Å²) in [5.41, 5.74) is 3.41. The third-order valence-corrected chi connectivity index (χ3v) is 5.45. The minimum Gasteiger partial charge on any atom is -0.356 e. The quantitative estimate of drug-likeness (QED) is 0.392. The number of hydrogen-bond acceptors (Lipinski definition) is 4. The van der Waals surface area contributed by atoms with Gasteiger partial charge in [0.25, 0.3) is 0 Å². The molecule has 160 valence electrons. The van der Waals surface area contributed by atoms with Crippen molar-refractivity contribution >= 4 is 16.8 Å². The maximum absolute atomic E-state index is 12.2. The molecule has 0 fully saturated rings. The van der Waals surface area contributed by atoms with Crippen LogP contribution in [0.3, 0.4) is 0 Å². The monoisotopic (exact) mass is 416 g/mol. The molecule has 2 aromatic carbocycles. The fourth-order valence-corrected chi connectivity index (χ4v) is 3.61. The van der Waals surface area contributed by atoms with Gasteiger partial charge in [-0.05, 0) is 35.4 Å². The Bertz CT molecular complexity index is 1140. The molecule has 2 heterocycles. The van der Waals surface area contributed by atoms with Gasteiger partial charge in [-0.25, -0.2) is 0 Å². The molecule has 4 rings (SSSR count). The van der Waals surface area contributed by atoms with Crippen LogP contribution in [0, 0.1) is 0 Å². The van der Waals surface area contributed by atoms with Crippen LogP contribution in [0.25, 0.3) is 22.3 Å². The van der Waals surface area contributed by atoms with E-state index in [9.17, 15) is 4.79 Å². The summed E-state index contributed by atoms with van der Waals surface area (Å²) in [7, 11) is 0. The molecule has 0 unspecified atom stereocenters. The second kappa shape index (κ2) is 9.60. The van der Waals surface area contributed by atoms with Crippen LogP contribution >= 0.6 is 0 Å². The summed E-state index contributed by atoms with van der Waals surface area (Å²) in [5, 5.41) is 8.26. The lowest BCUT2D eigenvalue weighted by Crippen LogP contribution is -2.25. The highest BCUT2D eigenvalue weighted by Crippen LogP contribution is 2.21. The number of aryl methyl sites for hydroxylation is 2. The molecular formula is C25H28N4O2. The number of carbonyl (C=O) groups is 1. The Hall–Kier alpha value is -3.41. The number of para-hydroxylation sites is 1. The summed E-state index contributed by atoms with van der Waals surface area (Å²) in [4.78, 5) is 16.6. The maximum atomic E-state index is 12.2. The van der Waals surface area contributed by atoms with E-state index in [1.54, 1.807) is 0 Å². The Morgan fingerprint density at radius 2 is 1.90 bits per heavy atom. The lowest BCUT2D eigenvalue weighted by atomic mass is 10.0. The van der Waals surface area contributed by atoms with Gasteiger partial charge in [0.1, 0.15) is 0 Å². The molecule has 0 bridgehead atoms. The molecular weight excluding hydrogens is 388 g/mol. The van der Waals surface area contributed by atoms with Gasteiger partial charge < -0.3 is 14.4 Å². The number of fused-ring (bicyclic) bond motifs is 1. The molecule has 1 N–H and O–H groups in total. The number of nitrogens with zero attached hydrogens (tertiary/aromatic N) is 3. The van der Waals surface area contributed by atoms with Gasteiger partial charge in [0, 0.05) is 43.2 Å². The van der Waals surface area contributed by atoms with Gasteiger partial charge in [-0.2, -0.15) is 4.98 Å². The Labute approximate surface area is 182 Å². The van der Waals surface area contributed by atoms with Gasteiger partial charge in [-0.1, -0.05) is 61.5 Å². The van der Waals surface area contributed by atoms with Gasteiger partial charge in [-0.15, -0.1) is 0 Å². The van der Waals surface area contributed by atoms with E-state index in [0.717, 1.165) is 18.5 Å². The molecule has 0 aliphatic carbocycles. The van der Waals surface area contributed by atoms with Crippen LogP contribution in [0.2, 0.25) is 0 Å². The van der Waals surface area contributed by atoms with Crippen molar-refractivity contribution in [1.29, 1.82) is 0 Å². The van der Waals surface area contributed by atoms with Gasteiger partial charge >= 0.3 is 0 Å². The number of benzene rings is 2. The largest absolute Gasteiger partial charge is 0.356 e. The summed E-state index contributed by atoms with van der Waals surface area (Å²) in [6.07, 6.45) is 3.74. The Balaban J connectivity index is 1.20. The first-order valence-corrected chi connectivity index (χ1v) is 10.8. The minimum atomic E-state index is -0.00148. The third-order valence-electron chi connectivity index (χ3n) is 5.45. The standard InChI is InChI=1S/C25H28N4O2/c1-18(2)19-8-10-21(11-9-19)25-27-24(31-28-25)13-12-23(30)26-15-5-16-29-17-14-20-6-3-4-7-22(20)29/h3-4,6-11,14,17-18H,5,12-13,15-16H2,1-2H3,(H,26,30). The highest BCUT2D eigenvalue weighted by Gasteiger charge is 2.11. The molecule has 0 spiro atoms. The topological polar surface area (TPSA) is 73.0 Å². The number of hydrogen-bond donors (Lipinski definition) is 1. The number of carbonyl (C=O) groups excluding carboxylic acids is 1. The van der Waals surface area contributed by atoms with Gasteiger partial charge in [0.15, 0.2) is 0 Å². The molecule has 6 heteroatoms. The predicted molar refractivity (Wildman–Crippen MR) is 122 cm³/mol. The first kappa shape index (κ1) is 20.8. The predicted octanol–water partition coefficient (Wildman–Crippen LogP) is 4.95. The SMILES string of the molecule is CC(C)c1ccc(-c2noc(CCC(=O)NCCCn3ccc4ccccc43)n2)cc1. The van der Waals surface area contributed by atoms with Crippen molar-refractivity contribution in [1.82, 2.24) is 20.0 Å². The molecule has 0 aliphatic rings. The Morgan fingerprint density at radius 1 is 1.10 bits per heavy atom. The second-order valence-electron chi connectivity index (χ2n) is 8.06. The van der Waals surface area contributed by atoms with Crippen molar-refractivity contribution in [2.45, 2.75) is 45.6 Å². The van der Waals surface area contributed by atoms with E-state index >= 15 is 0 Å². The van der Waals surface area contributed by atoms with Crippen molar-refractivity contribution in [2.24, 2.45) is 0 Å². The molecule has 4 aromatic rings.